The van der Waals surface area contributed by atoms with Crippen LogP contribution in [0.5, 0.6) is 0 Å². The quantitative estimate of drug-likeness (QED) is 0.747. The number of nitrogens with zero attached hydrogens (tertiary/aromatic N) is 2. The van der Waals surface area contributed by atoms with Crippen LogP contribution in [-0.4, -0.2) is 14.2 Å². The van der Waals surface area contributed by atoms with Crippen LogP contribution < -0.4 is 0 Å². The van der Waals surface area contributed by atoms with Gasteiger partial charge in [0.1, 0.15) is 0 Å². The first-order valence-corrected chi connectivity index (χ1v) is 5.25. The number of rotatable bonds is 2. The number of pyridine rings is 2. The van der Waals surface area contributed by atoms with Gasteiger partial charge in [0.2, 0.25) is 0 Å². The van der Waals surface area contributed by atoms with Crippen LogP contribution >= 0.6 is 0 Å². The van der Waals surface area contributed by atoms with Gasteiger partial charge in [-0.05, 0) is 24.3 Å². The predicted molar refractivity (Wildman–Crippen MR) is 53.1 cm³/mol. The second kappa shape index (κ2) is 4.11. The van der Waals surface area contributed by atoms with Crippen molar-refractivity contribution < 1.29 is 4.21 Å². The molecule has 14 heavy (non-hydrogen) atoms. The van der Waals surface area contributed by atoms with E-state index in [-0.39, 0.29) is 0 Å². The zero-order valence-electron chi connectivity index (χ0n) is 7.33. The highest BCUT2D eigenvalue weighted by atomic mass is 32.2. The molecule has 0 aliphatic rings. The summed E-state index contributed by atoms with van der Waals surface area (Å²) < 4.78 is 11.9. The Morgan fingerprint density at radius 3 is 1.79 bits per heavy atom. The number of aromatic nitrogens is 2. The van der Waals surface area contributed by atoms with E-state index in [4.69, 9.17) is 0 Å². The summed E-state index contributed by atoms with van der Waals surface area (Å²) in [6, 6.07) is 7.11. The van der Waals surface area contributed by atoms with E-state index in [9.17, 15) is 4.21 Å². The van der Waals surface area contributed by atoms with Crippen LogP contribution in [0.1, 0.15) is 0 Å². The van der Waals surface area contributed by atoms with Crippen molar-refractivity contribution in [2.45, 2.75) is 9.79 Å². The number of hydrogen-bond donors (Lipinski definition) is 0. The SMILES string of the molecule is O=S(c1cccnc1)c1cccnc1. The molecule has 0 aliphatic carbocycles. The summed E-state index contributed by atoms with van der Waals surface area (Å²) in [5.74, 6) is 0. The maximum Gasteiger partial charge on any atom is 0.0881 e. The van der Waals surface area contributed by atoms with Gasteiger partial charge in [-0.2, -0.15) is 0 Å². The molecule has 0 bridgehead atoms. The van der Waals surface area contributed by atoms with Crippen LogP contribution in [0.3, 0.4) is 0 Å². The fourth-order valence-electron chi connectivity index (χ4n) is 1.05. The molecular formula is C10H8N2OS. The summed E-state index contributed by atoms with van der Waals surface area (Å²) >= 11 is 0. The van der Waals surface area contributed by atoms with E-state index in [0.29, 0.717) is 9.79 Å². The molecule has 0 unspecified atom stereocenters. The molecule has 0 amide bonds. The van der Waals surface area contributed by atoms with Gasteiger partial charge in [-0.3, -0.25) is 9.97 Å². The highest BCUT2D eigenvalue weighted by Crippen LogP contribution is 2.12. The van der Waals surface area contributed by atoms with E-state index < -0.39 is 10.8 Å². The lowest BCUT2D eigenvalue weighted by atomic mass is 10.5. The first-order valence-electron chi connectivity index (χ1n) is 4.10. The Kier molecular flexibility index (Phi) is 2.65. The molecule has 0 radical (unpaired) electrons. The molecule has 2 aromatic rings. The predicted octanol–water partition coefficient (Wildman–Crippen LogP) is 1.64. The van der Waals surface area contributed by atoms with Crippen LogP contribution in [0.15, 0.2) is 58.8 Å². The van der Waals surface area contributed by atoms with Gasteiger partial charge < -0.3 is 0 Å². The van der Waals surface area contributed by atoms with Crippen LogP contribution in [-0.2, 0) is 10.8 Å². The molecule has 0 aliphatic heterocycles. The van der Waals surface area contributed by atoms with Crippen LogP contribution in [0.25, 0.3) is 0 Å². The largest absolute Gasteiger partial charge is 0.263 e. The minimum absolute atomic E-state index is 0.695. The highest BCUT2D eigenvalue weighted by molar-refractivity contribution is 7.85. The van der Waals surface area contributed by atoms with Crippen LogP contribution in [0.4, 0.5) is 0 Å². The average Bonchev–Trinajstić information content (AvgIpc) is 2.30. The van der Waals surface area contributed by atoms with Crippen LogP contribution in [0.2, 0.25) is 0 Å². The van der Waals surface area contributed by atoms with Gasteiger partial charge in [-0.15, -0.1) is 0 Å². The van der Waals surface area contributed by atoms with E-state index in [2.05, 4.69) is 9.97 Å². The molecule has 0 aromatic carbocycles. The zero-order valence-corrected chi connectivity index (χ0v) is 8.15. The maximum atomic E-state index is 11.9. The summed E-state index contributed by atoms with van der Waals surface area (Å²) in [7, 11) is -1.17. The molecule has 0 fully saturated rings. The van der Waals surface area contributed by atoms with Crippen molar-refractivity contribution in [1.29, 1.82) is 0 Å². The van der Waals surface area contributed by atoms with E-state index in [0.717, 1.165) is 0 Å². The van der Waals surface area contributed by atoms with Crippen molar-refractivity contribution in [1.82, 2.24) is 9.97 Å². The molecule has 3 nitrogen and oxygen atoms in total. The Morgan fingerprint density at radius 1 is 0.929 bits per heavy atom. The molecule has 4 heteroatoms. The van der Waals surface area contributed by atoms with Gasteiger partial charge in [0, 0.05) is 24.8 Å². The second-order valence-electron chi connectivity index (χ2n) is 2.65. The minimum Gasteiger partial charge on any atom is -0.263 e. The highest BCUT2D eigenvalue weighted by Gasteiger charge is 2.05. The molecule has 2 aromatic heterocycles. The zero-order chi connectivity index (χ0) is 9.80. The Labute approximate surface area is 84.3 Å². The van der Waals surface area contributed by atoms with Gasteiger partial charge in [0.05, 0.1) is 20.6 Å². The lowest BCUT2D eigenvalue weighted by molar-refractivity contribution is 0.682. The monoisotopic (exact) mass is 204 g/mol. The lowest BCUT2D eigenvalue weighted by Crippen LogP contribution is -1.93. The molecule has 0 N–H and O–H groups in total. The lowest BCUT2D eigenvalue weighted by Gasteiger charge is -1.99. The summed E-state index contributed by atoms with van der Waals surface area (Å²) in [5.41, 5.74) is 0. The van der Waals surface area contributed by atoms with E-state index in [1.807, 2.05) is 0 Å². The molecule has 0 saturated carbocycles. The maximum absolute atomic E-state index is 11.9. The summed E-state index contributed by atoms with van der Waals surface area (Å²) in [5, 5.41) is 0. The Morgan fingerprint density at radius 2 is 1.43 bits per heavy atom. The van der Waals surface area contributed by atoms with Gasteiger partial charge >= 0.3 is 0 Å². The van der Waals surface area contributed by atoms with Crippen LogP contribution in [0, 0.1) is 0 Å². The van der Waals surface area contributed by atoms with E-state index in [1.54, 1.807) is 49.1 Å². The fourth-order valence-corrected chi connectivity index (χ4v) is 2.04. The van der Waals surface area contributed by atoms with E-state index >= 15 is 0 Å². The van der Waals surface area contributed by atoms with Gasteiger partial charge in [-0.25, -0.2) is 4.21 Å². The molecule has 2 heterocycles. The van der Waals surface area contributed by atoms with Crippen molar-refractivity contribution in [3.63, 3.8) is 0 Å². The smallest absolute Gasteiger partial charge is 0.0881 e. The van der Waals surface area contributed by atoms with Gasteiger partial charge in [0.25, 0.3) is 0 Å². The summed E-state index contributed by atoms with van der Waals surface area (Å²) in [4.78, 5) is 9.23. The van der Waals surface area contributed by atoms with Crippen molar-refractivity contribution in [3.8, 4) is 0 Å². The number of hydrogen-bond acceptors (Lipinski definition) is 3. The molecule has 70 valence electrons. The minimum atomic E-state index is -1.17. The molecule has 0 atom stereocenters. The molecular weight excluding hydrogens is 196 g/mol. The van der Waals surface area contributed by atoms with Crippen molar-refractivity contribution in [2.75, 3.05) is 0 Å². The third-order valence-corrected chi connectivity index (χ3v) is 3.04. The fraction of sp³-hybridized carbons (Fsp3) is 0. The normalized spacial score (nSPS) is 10.4. The summed E-state index contributed by atoms with van der Waals surface area (Å²) in [6.45, 7) is 0. The first-order chi connectivity index (χ1) is 6.88. The second-order valence-corrected chi connectivity index (χ2v) is 4.13. The molecule has 2 rings (SSSR count). The molecule has 0 spiro atoms. The first kappa shape index (κ1) is 9.02. The third kappa shape index (κ3) is 1.85. The van der Waals surface area contributed by atoms with Gasteiger partial charge in [-0.1, -0.05) is 0 Å². The third-order valence-electron chi connectivity index (χ3n) is 1.70. The topological polar surface area (TPSA) is 42.9 Å². The standard InChI is InChI=1S/C10H8N2OS/c13-14(9-3-1-5-11-7-9)10-4-2-6-12-8-10/h1-8H. The Balaban J connectivity index is 2.35. The van der Waals surface area contributed by atoms with E-state index in [1.165, 1.54) is 0 Å². The average molecular weight is 204 g/mol. The van der Waals surface area contributed by atoms with Crippen molar-refractivity contribution in [2.24, 2.45) is 0 Å². The summed E-state index contributed by atoms with van der Waals surface area (Å²) in [6.07, 6.45) is 6.51. The Hall–Kier alpha value is -1.55. The van der Waals surface area contributed by atoms with Gasteiger partial charge in [0.15, 0.2) is 0 Å². The Bertz CT molecular complexity index is 389. The van der Waals surface area contributed by atoms with Crippen molar-refractivity contribution >= 4 is 10.8 Å². The van der Waals surface area contributed by atoms with Crippen molar-refractivity contribution in [3.05, 3.63) is 49.1 Å². The molecule has 0 saturated heterocycles.